The van der Waals surface area contributed by atoms with Crippen LogP contribution in [-0.4, -0.2) is 35.5 Å². The molecule has 5 heteroatoms. The summed E-state index contributed by atoms with van der Waals surface area (Å²) >= 11 is 0. The monoisotopic (exact) mass is 260 g/mol. The Bertz CT molecular complexity index is 511. The average Bonchev–Trinajstić information content (AvgIpc) is 2.41. The van der Waals surface area contributed by atoms with Crippen molar-refractivity contribution in [3.05, 3.63) is 41.5 Å². The molecule has 0 aromatic heterocycles. The molecule has 0 unspecified atom stereocenters. The predicted molar refractivity (Wildman–Crippen MR) is 71.7 cm³/mol. The van der Waals surface area contributed by atoms with E-state index in [4.69, 9.17) is 5.11 Å². The molecule has 0 radical (unpaired) electrons. The predicted octanol–water partition coefficient (Wildman–Crippen LogP) is 1.47. The third kappa shape index (κ3) is 3.42. The van der Waals surface area contributed by atoms with Gasteiger partial charge in [-0.3, -0.25) is 9.69 Å². The molecule has 0 bridgehead atoms. The first-order chi connectivity index (χ1) is 9.20. The summed E-state index contributed by atoms with van der Waals surface area (Å²) in [6.07, 6.45) is 3.16. The maximum atomic E-state index is 11.0. The number of amides is 1. The van der Waals surface area contributed by atoms with Gasteiger partial charge in [-0.25, -0.2) is 4.79 Å². The molecule has 100 valence electrons. The number of benzene rings is 1. The summed E-state index contributed by atoms with van der Waals surface area (Å²) in [6, 6.07) is 7.53. The van der Waals surface area contributed by atoms with Crippen molar-refractivity contribution in [1.29, 1.82) is 0 Å². The van der Waals surface area contributed by atoms with Gasteiger partial charge in [-0.2, -0.15) is 0 Å². The van der Waals surface area contributed by atoms with Gasteiger partial charge in [-0.15, -0.1) is 0 Å². The van der Waals surface area contributed by atoms with Crippen molar-refractivity contribution >= 4 is 18.1 Å². The second-order valence-electron chi connectivity index (χ2n) is 4.45. The van der Waals surface area contributed by atoms with E-state index < -0.39 is 5.97 Å². The zero-order valence-corrected chi connectivity index (χ0v) is 10.5. The molecule has 2 rings (SSSR count). The van der Waals surface area contributed by atoms with Gasteiger partial charge < -0.3 is 10.4 Å². The smallest absolute Gasteiger partial charge is 0.332 e. The van der Waals surface area contributed by atoms with Gasteiger partial charge in [-0.1, -0.05) is 24.3 Å². The lowest BCUT2D eigenvalue weighted by Crippen LogP contribution is -2.32. The third-order valence-electron chi connectivity index (χ3n) is 3.13. The number of anilines is 1. The highest BCUT2D eigenvalue weighted by molar-refractivity contribution is 5.87. The van der Waals surface area contributed by atoms with E-state index in [0.29, 0.717) is 25.1 Å². The fraction of sp³-hybridized carbons (Fsp3) is 0.286. The van der Waals surface area contributed by atoms with Crippen molar-refractivity contribution in [2.45, 2.75) is 13.0 Å². The number of carboxylic acids is 1. The number of hydrogen-bond donors (Lipinski definition) is 2. The Hall–Kier alpha value is -2.14. The lowest BCUT2D eigenvalue weighted by atomic mass is 10.1. The normalized spacial score (nSPS) is 15.7. The molecule has 1 aliphatic heterocycles. The molecule has 1 heterocycles. The fourth-order valence-electron chi connectivity index (χ4n) is 2.20. The van der Waals surface area contributed by atoms with Crippen molar-refractivity contribution in [3.8, 4) is 0 Å². The number of carboxylic acid groups (broad SMARTS) is 1. The van der Waals surface area contributed by atoms with E-state index in [-0.39, 0.29) is 0 Å². The highest BCUT2D eigenvalue weighted by Gasteiger charge is 2.18. The number of para-hydroxylation sites is 1. The Labute approximate surface area is 111 Å². The summed E-state index contributed by atoms with van der Waals surface area (Å²) in [7, 11) is 0. The largest absolute Gasteiger partial charge is 0.478 e. The zero-order chi connectivity index (χ0) is 13.7. The van der Waals surface area contributed by atoms with E-state index in [2.05, 4.69) is 10.2 Å². The highest BCUT2D eigenvalue weighted by Crippen LogP contribution is 2.19. The molecule has 19 heavy (non-hydrogen) atoms. The number of carbonyl (C=O) groups is 2. The van der Waals surface area contributed by atoms with Crippen LogP contribution in [0, 0.1) is 0 Å². The van der Waals surface area contributed by atoms with Gasteiger partial charge in [-0.05, 0) is 18.1 Å². The van der Waals surface area contributed by atoms with Crippen LogP contribution in [-0.2, 0) is 16.1 Å². The van der Waals surface area contributed by atoms with Crippen molar-refractivity contribution in [3.63, 3.8) is 0 Å². The summed E-state index contributed by atoms with van der Waals surface area (Å²) < 4.78 is 0. The summed E-state index contributed by atoms with van der Waals surface area (Å²) in [6.45, 7) is 1.89. The molecule has 0 atom stereocenters. The summed E-state index contributed by atoms with van der Waals surface area (Å²) in [5, 5.41) is 11.7. The lowest BCUT2D eigenvalue weighted by Gasteiger charge is -2.26. The molecule has 5 nitrogen and oxygen atoms in total. The van der Waals surface area contributed by atoms with E-state index in [1.807, 2.05) is 24.3 Å². The van der Waals surface area contributed by atoms with E-state index in [1.54, 1.807) is 6.08 Å². The minimum Gasteiger partial charge on any atom is -0.478 e. The van der Waals surface area contributed by atoms with Crippen molar-refractivity contribution < 1.29 is 14.7 Å². The molecular weight excluding hydrogens is 244 g/mol. The van der Waals surface area contributed by atoms with Crippen LogP contribution in [0.4, 0.5) is 5.69 Å². The molecule has 0 spiro atoms. The first kappa shape index (κ1) is 13.3. The summed E-state index contributed by atoms with van der Waals surface area (Å²) in [5.41, 5.74) is 2.19. The van der Waals surface area contributed by atoms with Crippen LogP contribution in [0.5, 0.6) is 0 Å². The molecule has 1 aromatic carbocycles. The average molecular weight is 260 g/mol. The van der Waals surface area contributed by atoms with E-state index in [9.17, 15) is 9.59 Å². The quantitative estimate of drug-likeness (QED) is 0.787. The Kier molecular flexibility index (Phi) is 4.30. The molecule has 0 saturated heterocycles. The van der Waals surface area contributed by atoms with Gasteiger partial charge in [0.05, 0.1) is 0 Å². The first-order valence-electron chi connectivity index (χ1n) is 6.13. The third-order valence-corrected chi connectivity index (χ3v) is 3.13. The Morgan fingerprint density at radius 3 is 2.95 bits per heavy atom. The van der Waals surface area contributed by atoms with Crippen LogP contribution in [0.3, 0.4) is 0 Å². The topological polar surface area (TPSA) is 69.6 Å². The van der Waals surface area contributed by atoms with Crippen LogP contribution in [0.15, 0.2) is 35.9 Å². The maximum Gasteiger partial charge on any atom is 0.332 e. The number of nitrogens with zero attached hydrogens (tertiary/aromatic N) is 1. The molecule has 1 aliphatic rings. The molecule has 0 saturated carbocycles. The number of aliphatic carboxylic acids is 1. The van der Waals surface area contributed by atoms with Crippen LogP contribution < -0.4 is 5.32 Å². The van der Waals surface area contributed by atoms with Crippen LogP contribution in [0.2, 0.25) is 0 Å². The minimum absolute atomic E-state index is 0.435. The Morgan fingerprint density at radius 1 is 1.42 bits per heavy atom. The van der Waals surface area contributed by atoms with E-state index in [1.165, 1.54) is 0 Å². The molecule has 0 fully saturated rings. The van der Waals surface area contributed by atoms with Crippen molar-refractivity contribution in [2.24, 2.45) is 0 Å². The standard InChI is InChI=1S/C14H16N2O3/c17-10-15-13-6-2-1-4-11(13)8-16-7-3-5-12(9-16)14(18)19/h1-2,4-6,10H,3,7-9H2,(H,15,17)(H,18,19). The molecule has 1 aromatic rings. The van der Waals surface area contributed by atoms with E-state index in [0.717, 1.165) is 24.2 Å². The number of carbonyl (C=O) groups excluding carboxylic acids is 1. The van der Waals surface area contributed by atoms with Crippen LogP contribution >= 0.6 is 0 Å². The molecule has 0 aliphatic carbocycles. The van der Waals surface area contributed by atoms with Gasteiger partial charge in [0.15, 0.2) is 0 Å². The van der Waals surface area contributed by atoms with Gasteiger partial charge in [0.25, 0.3) is 0 Å². The Morgan fingerprint density at radius 2 is 2.21 bits per heavy atom. The van der Waals surface area contributed by atoms with Gasteiger partial charge in [0.2, 0.25) is 6.41 Å². The van der Waals surface area contributed by atoms with Crippen molar-refractivity contribution in [1.82, 2.24) is 4.90 Å². The van der Waals surface area contributed by atoms with Gasteiger partial charge in [0, 0.05) is 30.9 Å². The van der Waals surface area contributed by atoms with Gasteiger partial charge in [0.1, 0.15) is 0 Å². The van der Waals surface area contributed by atoms with Crippen LogP contribution in [0.1, 0.15) is 12.0 Å². The maximum absolute atomic E-state index is 11.0. The summed E-state index contributed by atoms with van der Waals surface area (Å²) in [5.74, 6) is -0.857. The summed E-state index contributed by atoms with van der Waals surface area (Å²) in [4.78, 5) is 23.6. The highest BCUT2D eigenvalue weighted by atomic mass is 16.4. The Balaban J connectivity index is 2.08. The first-order valence-corrected chi connectivity index (χ1v) is 6.13. The number of rotatable bonds is 5. The number of nitrogens with one attached hydrogen (secondary N) is 1. The minimum atomic E-state index is -0.857. The van der Waals surface area contributed by atoms with Gasteiger partial charge >= 0.3 is 5.97 Å². The fourth-order valence-corrected chi connectivity index (χ4v) is 2.20. The molecule has 1 amide bonds. The molecule has 2 N–H and O–H groups in total. The zero-order valence-electron chi connectivity index (χ0n) is 10.5. The second-order valence-corrected chi connectivity index (χ2v) is 4.45. The van der Waals surface area contributed by atoms with Crippen molar-refractivity contribution in [2.75, 3.05) is 18.4 Å². The number of hydrogen-bond acceptors (Lipinski definition) is 3. The SMILES string of the molecule is O=CNc1ccccc1CN1CCC=C(C(=O)O)C1. The van der Waals surface area contributed by atoms with Crippen LogP contribution in [0.25, 0.3) is 0 Å². The second kappa shape index (κ2) is 6.15. The van der Waals surface area contributed by atoms with E-state index >= 15 is 0 Å². The lowest BCUT2D eigenvalue weighted by molar-refractivity contribution is -0.133. The molecular formula is C14H16N2O3.